The number of hydrogen-bond acceptors (Lipinski definition) is 2. The van der Waals surface area contributed by atoms with Crippen LogP contribution in [0.25, 0.3) is 0 Å². The zero-order valence-corrected chi connectivity index (χ0v) is 11.3. The van der Waals surface area contributed by atoms with Gasteiger partial charge in [0.05, 0.1) is 0 Å². The number of nitrogens with two attached hydrogens (primary N) is 1. The standard InChI is InChI=1S/C12H25N3O2/c1-7(2)5-9(13)12(17)15-10(11(14)16)6-8(3)4/h7-10H,5-6,13H2,1-4H3,(H2,14,16)(H,15,17)/p+1/t9-,10-/m0/s1. The van der Waals surface area contributed by atoms with E-state index in [1.165, 1.54) is 0 Å². The van der Waals surface area contributed by atoms with E-state index in [4.69, 9.17) is 5.73 Å². The SMILES string of the molecule is CC(C)C[C@H](NC(=O)[C@@H]([NH3+])CC(C)C)C(N)=O. The topological polar surface area (TPSA) is 99.8 Å². The summed E-state index contributed by atoms with van der Waals surface area (Å²) in [7, 11) is 0. The Balaban J connectivity index is 4.35. The Kier molecular flexibility index (Phi) is 6.80. The highest BCUT2D eigenvalue weighted by molar-refractivity contribution is 5.88. The van der Waals surface area contributed by atoms with Gasteiger partial charge in [-0.2, -0.15) is 0 Å². The third-order valence-electron chi connectivity index (χ3n) is 2.49. The first kappa shape index (κ1) is 15.9. The number of nitrogens with one attached hydrogen (secondary N) is 1. The zero-order valence-electron chi connectivity index (χ0n) is 11.3. The molecule has 0 aromatic heterocycles. The van der Waals surface area contributed by atoms with Crippen LogP contribution in [0, 0.1) is 11.8 Å². The number of carbonyl (C=O) groups excluding carboxylic acids is 2. The van der Waals surface area contributed by atoms with Gasteiger partial charge in [0.25, 0.3) is 5.91 Å². The molecule has 0 aliphatic heterocycles. The van der Waals surface area contributed by atoms with Gasteiger partial charge in [0.1, 0.15) is 6.04 Å². The second kappa shape index (κ2) is 7.27. The van der Waals surface area contributed by atoms with Gasteiger partial charge in [-0.3, -0.25) is 9.59 Å². The molecule has 17 heavy (non-hydrogen) atoms. The lowest BCUT2D eigenvalue weighted by Crippen LogP contribution is -2.69. The van der Waals surface area contributed by atoms with E-state index in [1.807, 2.05) is 27.7 Å². The molecule has 100 valence electrons. The third-order valence-corrected chi connectivity index (χ3v) is 2.49. The maximum atomic E-state index is 11.8. The highest BCUT2D eigenvalue weighted by Gasteiger charge is 2.24. The largest absolute Gasteiger partial charge is 0.368 e. The van der Waals surface area contributed by atoms with Crippen molar-refractivity contribution in [3.63, 3.8) is 0 Å². The number of primary amides is 1. The minimum absolute atomic E-state index is 0.192. The second-order valence-electron chi connectivity index (χ2n) is 5.42. The number of carbonyl (C=O) groups is 2. The molecule has 0 radical (unpaired) electrons. The molecular formula is C12H26N3O2+. The monoisotopic (exact) mass is 244 g/mol. The van der Waals surface area contributed by atoms with Crippen molar-refractivity contribution in [2.24, 2.45) is 17.6 Å². The smallest absolute Gasteiger partial charge is 0.278 e. The van der Waals surface area contributed by atoms with E-state index in [0.29, 0.717) is 24.7 Å². The molecule has 5 heteroatoms. The van der Waals surface area contributed by atoms with Crippen molar-refractivity contribution in [2.45, 2.75) is 52.6 Å². The first-order valence-corrected chi connectivity index (χ1v) is 6.16. The highest BCUT2D eigenvalue weighted by atomic mass is 16.2. The number of hydrogen-bond donors (Lipinski definition) is 3. The number of amides is 2. The van der Waals surface area contributed by atoms with Gasteiger partial charge in [0.2, 0.25) is 5.91 Å². The van der Waals surface area contributed by atoms with Crippen LogP contribution in [-0.4, -0.2) is 23.9 Å². The van der Waals surface area contributed by atoms with Gasteiger partial charge < -0.3 is 16.8 Å². The van der Waals surface area contributed by atoms with Gasteiger partial charge in [-0.25, -0.2) is 0 Å². The summed E-state index contributed by atoms with van der Waals surface area (Å²) in [5.41, 5.74) is 9.07. The maximum absolute atomic E-state index is 11.8. The summed E-state index contributed by atoms with van der Waals surface area (Å²) in [5.74, 6) is 0.0356. The predicted molar refractivity (Wildman–Crippen MR) is 66.7 cm³/mol. The molecule has 0 aromatic carbocycles. The Labute approximate surface area is 103 Å². The van der Waals surface area contributed by atoms with Gasteiger partial charge in [0, 0.05) is 6.42 Å². The molecule has 0 unspecified atom stereocenters. The summed E-state index contributed by atoms with van der Waals surface area (Å²) in [4.78, 5) is 23.0. The van der Waals surface area contributed by atoms with E-state index in [-0.39, 0.29) is 11.9 Å². The molecule has 0 spiro atoms. The van der Waals surface area contributed by atoms with Crippen molar-refractivity contribution in [3.8, 4) is 0 Å². The van der Waals surface area contributed by atoms with Crippen LogP contribution < -0.4 is 16.8 Å². The predicted octanol–water partition coefficient (Wildman–Crippen LogP) is -0.341. The zero-order chi connectivity index (χ0) is 13.6. The molecule has 0 heterocycles. The fourth-order valence-electron chi connectivity index (χ4n) is 1.68. The Bertz CT molecular complexity index is 264. The Hall–Kier alpha value is -1.10. The maximum Gasteiger partial charge on any atom is 0.278 e. The van der Waals surface area contributed by atoms with Gasteiger partial charge in [-0.05, 0) is 18.3 Å². The Morgan fingerprint density at radius 3 is 1.94 bits per heavy atom. The van der Waals surface area contributed by atoms with Crippen LogP contribution in [0.4, 0.5) is 0 Å². The van der Waals surface area contributed by atoms with E-state index in [2.05, 4.69) is 11.1 Å². The fourth-order valence-corrected chi connectivity index (χ4v) is 1.68. The molecule has 5 nitrogen and oxygen atoms in total. The Morgan fingerprint density at radius 2 is 1.59 bits per heavy atom. The lowest BCUT2D eigenvalue weighted by atomic mass is 10.0. The van der Waals surface area contributed by atoms with Crippen LogP contribution in [0.1, 0.15) is 40.5 Å². The van der Waals surface area contributed by atoms with Crippen molar-refractivity contribution < 1.29 is 15.3 Å². The summed E-state index contributed by atoms with van der Waals surface area (Å²) in [6.07, 6.45) is 1.27. The first-order valence-electron chi connectivity index (χ1n) is 6.16. The number of rotatable bonds is 7. The van der Waals surface area contributed by atoms with E-state index in [9.17, 15) is 9.59 Å². The summed E-state index contributed by atoms with van der Waals surface area (Å²) >= 11 is 0. The lowest BCUT2D eigenvalue weighted by Gasteiger charge is -2.19. The normalized spacial score (nSPS) is 14.8. The van der Waals surface area contributed by atoms with Crippen molar-refractivity contribution in [3.05, 3.63) is 0 Å². The van der Waals surface area contributed by atoms with Crippen molar-refractivity contribution in [1.82, 2.24) is 5.32 Å². The second-order valence-corrected chi connectivity index (χ2v) is 5.42. The van der Waals surface area contributed by atoms with E-state index in [0.717, 1.165) is 0 Å². The van der Waals surface area contributed by atoms with Gasteiger partial charge in [-0.15, -0.1) is 0 Å². The quantitative estimate of drug-likeness (QED) is 0.570. The number of quaternary nitrogens is 1. The van der Waals surface area contributed by atoms with Gasteiger partial charge in [0.15, 0.2) is 6.04 Å². The van der Waals surface area contributed by atoms with Crippen molar-refractivity contribution >= 4 is 11.8 Å². The Morgan fingerprint density at radius 1 is 1.12 bits per heavy atom. The van der Waals surface area contributed by atoms with Crippen LogP contribution in [-0.2, 0) is 9.59 Å². The molecule has 0 aromatic rings. The average Bonchev–Trinajstić information content (AvgIpc) is 2.14. The molecule has 2 amide bonds. The molecule has 0 rings (SSSR count). The van der Waals surface area contributed by atoms with Crippen molar-refractivity contribution in [2.75, 3.05) is 0 Å². The van der Waals surface area contributed by atoms with Crippen LogP contribution in [0.2, 0.25) is 0 Å². The molecule has 0 saturated carbocycles. The molecule has 0 fully saturated rings. The molecule has 0 saturated heterocycles. The minimum atomic E-state index is -0.584. The van der Waals surface area contributed by atoms with Gasteiger partial charge >= 0.3 is 0 Å². The van der Waals surface area contributed by atoms with Gasteiger partial charge in [-0.1, -0.05) is 27.7 Å². The lowest BCUT2D eigenvalue weighted by molar-refractivity contribution is -0.406. The van der Waals surface area contributed by atoms with E-state index in [1.54, 1.807) is 0 Å². The molecule has 0 aliphatic carbocycles. The summed E-state index contributed by atoms with van der Waals surface area (Å²) in [6.45, 7) is 8.03. The fraction of sp³-hybridized carbons (Fsp3) is 0.833. The molecule has 0 bridgehead atoms. The summed E-state index contributed by atoms with van der Waals surface area (Å²) in [6, 6.07) is -0.914. The molecule has 0 aliphatic rings. The van der Waals surface area contributed by atoms with Crippen LogP contribution in [0.3, 0.4) is 0 Å². The highest BCUT2D eigenvalue weighted by Crippen LogP contribution is 2.06. The molecule has 6 N–H and O–H groups in total. The van der Waals surface area contributed by atoms with E-state index < -0.39 is 11.9 Å². The molecular weight excluding hydrogens is 218 g/mol. The van der Waals surface area contributed by atoms with Crippen LogP contribution in [0.15, 0.2) is 0 Å². The summed E-state index contributed by atoms with van der Waals surface area (Å²) < 4.78 is 0. The van der Waals surface area contributed by atoms with Crippen LogP contribution >= 0.6 is 0 Å². The van der Waals surface area contributed by atoms with Crippen LogP contribution in [0.5, 0.6) is 0 Å². The van der Waals surface area contributed by atoms with Crippen molar-refractivity contribution in [1.29, 1.82) is 0 Å². The first-order chi connectivity index (χ1) is 7.73. The van der Waals surface area contributed by atoms with E-state index >= 15 is 0 Å². The summed E-state index contributed by atoms with van der Waals surface area (Å²) in [5, 5.41) is 2.68. The third kappa shape index (κ3) is 6.94. The average molecular weight is 244 g/mol. The minimum Gasteiger partial charge on any atom is -0.368 e. The molecule has 2 atom stereocenters.